The maximum Gasteiger partial charge on any atom is 0.342 e. The first kappa shape index (κ1) is 18.3. The topological polar surface area (TPSA) is 55.8 Å². The molecule has 3 aromatic carbocycles. The monoisotopic (exact) mass is 377 g/mol. The lowest BCUT2D eigenvalue weighted by atomic mass is 9.95. The number of phenols is 1. The number of benzene rings is 3. The van der Waals surface area contributed by atoms with Crippen LogP contribution in [0, 0.1) is 0 Å². The number of hydrogen-bond donors (Lipinski definition) is 1. The van der Waals surface area contributed by atoms with Crippen LogP contribution in [0.5, 0.6) is 5.75 Å². The van der Waals surface area contributed by atoms with Crippen LogP contribution in [-0.4, -0.2) is 24.3 Å². The average Bonchev–Trinajstić information content (AvgIpc) is 2.74. The molecule has 0 fully saturated rings. The minimum absolute atomic E-state index is 0.0250. The maximum absolute atomic E-state index is 12.5. The minimum atomic E-state index is -0.635. The zero-order valence-corrected chi connectivity index (χ0v) is 15.9. The number of aromatic hydroxyl groups is 1. The second-order valence-corrected chi connectivity index (χ2v) is 6.30. The Morgan fingerprint density at radius 1 is 1.04 bits per heavy atom. The van der Waals surface area contributed by atoms with E-state index in [0.717, 1.165) is 5.56 Å². The molecule has 1 N–H and O–H groups in total. The van der Waals surface area contributed by atoms with Crippen molar-refractivity contribution in [3.63, 3.8) is 0 Å². The Bertz CT molecular complexity index is 956. The highest BCUT2D eigenvalue weighted by Crippen LogP contribution is 2.32. The third-order valence-electron chi connectivity index (χ3n) is 4.27. The molecule has 0 heterocycles. The van der Waals surface area contributed by atoms with Crippen molar-refractivity contribution in [3.05, 3.63) is 89.5 Å². The zero-order chi connectivity index (χ0) is 20.6. The Morgan fingerprint density at radius 3 is 2.39 bits per heavy atom. The summed E-state index contributed by atoms with van der Waals surface area (Å²) in [6, 6.07) is 20.6. The maximum atomic E-state index is 12.5. The highest BCUT2D eigenvalue weighted by atomic mass is 16.5. The summed E-state index contributed by atoms with van der Waals surface area (Å²) < 4.78 is 19.5. The highest BCUT2D eigenvalue weighted by Gasteiger charge is 2.20. The number of phenolic OH excluding ortho intramolecular Hbond substituents is 1. The van der Waals surface area contributed by atoms with Crippen molar-refractivity contribution >= 4 is 5.97 Å². The Balaban J connectivity index is 1.86. The molecule has 0 atom stereocenters. The van der Waals surface area contributed by atoms with Crippen LogP contribution < -0.4 is 0 Å². The molecule has 0 unspecified atom stereocenters. The molecular formula is C24H24O4. The van der Waals surface area contributed by atoms with E-state index in [9.17, 15) is 9.90 Å². The summed E-state index contributed by atoms with van der Waals surface area (Å²) in [6.07, 6.45) is 0.447. The Morgan fingerprint density at radius 2 is 1.71 bits per heavy atom. The number of ether oxygens (including phenoxy) is 2. The fraction of sp³-hybridized carbons (Fsp3) is 0.208. The van der Waals surface area contributed by atoms with Gasteiger partial charge in [-0.2, -0.15) is 0 Å². The van der Waals surface area contributed by atoms with Crippen LogP contribution in [0.15, 0.2) is 72.8 Å². The molecule has 0 aliphatic carbocycles. The lowest BCUT2D eigenvalue weighted by Crippen LogP contribution is -2.08. The van der Waals surface area contributed by atoms with Gasteiger partial charge < -0.3 is 14.6 Å². The molecule has 0 saturated heterocycles. The van der Waals surface area contributed by atoms with Crippen molar-refractivity contribution < 1.29 is 20.7 Å². The standard InChI is InChI=1S/C24H24O4/c1-2-28-24(26)23-21(20-11-7-4-8-12-20)15-19(16-22(23)25)13-14-27-17-18-9-5-3-6-10-18/h3-12,15-16,25H,2,13-14,17H2,1H3/i15D. The number of carbonyl (C=O) groups is 1. The van der Waals surface area contributed by atoms with Gasteiger partial charge in [0, 0.05) is 5.56 Å². The molecule has 0 radical (unpaired) electrons. The van der Waals surface area contributed by atoms with Crippen molar-refractivity contribution in [1.29, 1.82) is 0 Å². The summed E-state index contributed by atoms with van der Waals surface area (Å²) >= 11 is 0. The molecule has 4 nitrogen and oxygen atoms in total. The number of hydrogen-bond acceptors (Lipinski definition) is 4. The summed E-state index contributed by atoms with van der Waals surface area (Å²) in [7, 11) is 0. The summed E-state index contributed by atoms with van der Waals surface area (Å²) in [6.45, 7) is 2.77. The molecule has 0 spiro atoms. The van der Waals surface area contributed by atoms with E-state index in [1.54, 1.807) is 6.92 Å². The molecule has 0 bridgehead atoms. The largest absolute Gasteiger partial charge is 0.507 e. The molecule has 0 amide bonds. The molecule has 28 heavy (non-hydrogen) atoms. The van der Waals surface area contributed by atoms with Crippen LogP contribution in [0.1, 0.15) is 29.8 Å². The van der Waals surface area contributed by atoms with Gasteiger partial charge in [0.2, 0.25) is 0 Å². The lowest BCUT2D eigenvalue weighted by Gasteiger charge is -2.14. The van der Waals surface area contributed by atoms with Crippen molar-refractivity contribution in [3.8, 4) is 16.9 Å². The molecule has 4 heteroatoms. The molecule has 144 valence electrons. The van der Waals surface area contributed by atoms with Gasteiger partial charge in [-0.05, 0) is 42.1 Å². The van der Waals surface area contributed by atoms with E-state index in [0.29, 0.717) is 36.3 Å². The van der Waals surface area contributed by atoms with Gasteiger partial charge in [-0.15, -0.1) is 0 Å². The minimum Gasteiger partial charge on any atom is -0.507 e. The third-order valence-corrected chi connectivity index (χ3v) is 4.27. The number of esters is 1. The van der Waals surface area contributed by atoms with Crippen LogP contribution in [0.2, 0.25) is 0 Å². The predicted molar refractivity (Wildman–Crippen MR) is 109 cm³/mol. The molecule has 0 aromatic heterocycles. The van der Waals surface area contributed by atoms with E-state index in [4.69, 9.17) is 10.8 Å². The number of rotatable bonds is 8. The molecule has 0 aliphatic heterocycles. The normalized spacial score (nSPS) is 11.1. The summed E-state index contributed by atoms with van der Waals surface area (Å²) in [5.41, 5.74) is 2.77. The first-order valence-electron chi connectivity index (χ1n) is 9.81. The van der Waals surface area contributed by atoms with Crippen molar-refractivity contribution in [2.24, 2.45) is 0 Å². The van der Waals surface area contributed by atoms with E-state index >= 15 is 0 Å². The molecule has 0 saturated carbocycles. The Kier molecular flexibility index (Phi) is 6.34. The zero-order valence-electron chi connectivity index (χ0n) is 16.9. The van der Waals surface area contributed by atoms with Crippen LogP contribution in [0.3, 0.4) is 0 Å². The van der Waals surface area contributed by atoms with Crippen molar-refractivity contribution in [1.82, 2.24) is 0 Å². The van der Waals surface area contributed by atoms with E-state index in [1.807, 2.05) is 60.7 Å². The van der Waals surface area contributed by atoms with E-state index < -0.39 is 5.97 Å². The summed E-state index contributed by atoms with van der Waals surface area (Å²) in [5, 5.41) is 10.6. The van der Waals surface area contributed by atoms with Gasteiger partial charge in [0.1, 0.15) is 11.3 Å². The first-order chi connectivity index (χ1) is 14.1. The highest BCUT2D eigenvalue weighted by molar-refractivity contribution is 6.00. The third kappa shape index (κ3) is 4.99. The molecular weight excluding hydrogens is 352 g/mol. The van der Waals surface area contributed by atoms with E-state index in [2.05, 4.69) is 0 Å². The van der Waals surface area contributed by atoms with Gasteiger partial charge in [0.25, 0.3) is 0 Å². The smallest absolute Gasteiger partial charge is 0.342 e. The SMILES string of the molecule is [2H]c1c(CCOCc2ccccc2)cc(O)c(C(=O)OCC)c1-c1ccccc1. The Labute approximate surface area is 166 Å². The van der Waals surface area contributed by atoms with Crippen molar-refractivity contribution in [2.45, 2.75) is 20.0 Å². The van der Waals surface area contributed by atoms with Gasteiger partial charge in [-0.25, -0.2) is 4.79 Å². The molecule has 3 aromatic rings. The van der Waals surface area contributed by atoms with Gasteiger partial charge in [0.15, 0.2) is 0 Å². The van der Waals surface area contributed by atoms with Crippen LogP contribution >= 0.6 is 0 Å². The first-order valence-corrected chi connectivity index (χ1v) is 9.31. The molecule has 0 aliphatic rings. The van der Waals surface area contributed by atoms with Gasteiger partial charge in [-0.1, -0.05) is 60.7 Å². The fourth-order valence-corrected chi connectivity index (χ4v) is 2.94. The Hall–Kier alpha value is -3.11. The lowest BCUT2D eigenvalue weighted by molar-refractivity contribution is 0.0524. The fourth-order valence-electron chi connectivity index (χ4n) is 2.94. The van der Waals surface area contributed by atoms with Gasteiger partial charge in [-0.3, -0.25) is 0 Å². The van der Waals surface area contributed by atoms with Gasteiger partial charge >= 0.3 is 5.97 Å². The van der Waals surface area contributed by atoms with Crippen LogP contribution in [-0.2, 0) is 22.5 Å². The molecule has 3 rings (SSSR count). The second-order valence-electron chi connectivity index (χ2n) is 6.30. The second kappa shape index (κ2) is 9.72. The average molecular weight is 377 g/mol. The van der Waals surface area contributed by atoms with E-state index in [-0.39, 0.29) is 24.0 Å². The number of carbonyl (C=O) groups excluding carboxylic acids is 1. The van der Waals surface area contributed by atoms with E-state index in [1.165, 1.54) is 6.07 Å². The summed E-state index contributed by atoms with van der Waals surface area (Å²) in [5.74, 6) is -0.819. The summed E-state index contributed by atoms with van der Waals surface area (Å²) in [4.78, 5) is 12.5. The quantitative estimate of drug-likeness (QED) is 0.444. The van der Waals surface area contributed by atoms with Gasteiger partial charge in [0.05, 0.1) is 21.2 Å². The predicted octanol–water partition coefficient (Wildman–Crippen LogP) is 5.00. The van der Waals surface area contributed by atoms with Crippen molar-refractivity contribution in [2.75, 3.05) is 13.2 Å². The van der Waals surface area contributed by atoms with Crippen LogP contribution in [0.4, 0.5) is 0 Å². The van der Waals surface area contributed by atoms with Crippen LogP contribution in [0.25, 0.3) is 11.1 Å².